The Morgan fingerprint density at radius 2 is 1.11 bits per heavy atom. The van der Waals surface area contributed by atoms with Crippen LogP contribution in [0.5, 0.6) is 0 Å². The van der Waals surface area contributed by atoms with E-state index in [9.17, 15) is 19.2 Å². The van der Waals surface area contributed by atoms with Gasteiger partial charge in [0.05, 0.1) is 32.9 Å². The van der Waals surface area contributed by atoms with Gasteiger partial charge >= 0.3 is 0 Å². The molecule has 0 fully saturated rings. The second-order valence-electron chi connectivity index (χ2n) is 9.20. The minimum Gasteiger partial charge on any atom is -0.397 e. The van der Waals surface area contributed by atoms with Gasteiger partial charge in [-0.15, -0.1) is 0 Å². The van der Waals surface area contributed by atoms with Crippen LogP contribution < -0.4 is 33.4 Å². The van der Waals surface area contributed by atoms with Crippen molar-refractivity contribution >= 4 is 43.7 Å². The van der Waals surface area contributed by atoms with Crippen molar-refractivity contribution in [3.63, 3.8) is 0 Å². The van der Waals surface area contributed by atoms with Crippen molar-refractivity contribution < 1.29 is 0 Å². The Hall–Kier alpha value is -3.52. The maximum atomic E-state index is 13.3. The molecule has 1 heterocycles. The van der Waals surface area contributed by atoms with Crippen LogP contribution in [0, 0.1) is 0 Å². The van der Waals surface area contributed by atoms with Crippen LogP contribution >= 0.6 is 0 Å². The van der Waals surface area contributed by atoms with E-state index in [0.29, 0.717) is 6.42 Å². The molecule has 0 aliphatic heterocycles. The Labute approximate surface area is 202 Å². The molecule has 0 atom stereocenters. The molecule has 4 aromatic rings. The molecule has 0 bridgehead atoms. The summed E-state index contributed by atoms with van der Waals surface area (Å²) in [6.45, 7) is 7.25. The molecule has 0 saturated carbocycles. The highest BCUT2D eigenvalue weighted by atomic mass is 16.2. The van der Waals surface area contributed by atoms with E-state index in [1.54, 1.807) is 24.3 Å². The fourth-order valence-electron chi connectivity index (χ4n) is 4.97. The summed E-state index contributed by atoms with van der Waals surface area (Å²) in [7, 11) is 0. The molecule has 0 amide bonds. The summed E-state index contributed by atoms with van der Waals surface area (Å²) in [4.78, 5) is 55.3. The summed E-state index contributed by atoms with van der Waals surface area (Å²) in [5, 5.41) is 0.116. The Morgan fingerprint density at radius 1 is 0.686 bits per heavy atom. The number of hydrogen-bond donors (Lipinski definition) is 2. The van der Waals surface area contributed by atoms with Crippen LogP contribution in [0.1, 0.15) is 46.0 Å². The van der Waals surface area contributed by atoms with Crippen LogP contribution in [0.2, 0.25) is 0 Å². The first-order valence-corrected chi connectivity index (χ1v) is 12.3. The molecule has 0 saturated heterocycles. The molecule has 8 nitrogen and oxygen atoms in total. The zero-order valence-corrected chi connectivity index (χ0v) is 20.4. The first-order valence-electron chi connectivity index (χ1n) is 12.3. The molecule has 0 aliphatic rings. The quantitative estimate of drug-likeness (QED) is 0.205. The van der Waals surface area contributed by atoms with Crippen LogP contribution in [0.25, 0.3) is 32.3 Å². The number of nitrogen functional groups attached to an aromatic ring is 2. The van der Waals surface area contributed by atoms with Crippen molar-refractivity contribution in [2.45, 2.75) is 52.5 Å². The van der Waals surface area contributed by atoms with E-state index in [2.05, 4.69) is 18.7 Å². The number of nitrogens with zero attached hydrogens (tertiary/aromatic N) is 2. The van der Waals surface area contributed by atoms with Crippen molar-refractivity contribution in [3.05, 3.63) is 65.4 Å². The lowest BCUT2D eigenvalue weighted by atomic mass is 9.97. The average molecular weight is 477 g/mol. The molecule has 4 N–H and O–H groups in total. The summed E-state index contributed by atoms with van der Waals surface area (Å²) in [5.74, 6) is 0. The summed E-state index contributed by atoms with van der Waals surface area (Å²) in [6.07, 6.45) is 5.01. The topological polar surface area (TPSA) is 128 Å². The Bertz CT molecular complexity index is 1500. The van der Waals surface area contributed by atoms with E-state index in [4.69, 9.17) is 11.5 Å². The molecule has 35 heavy (non-hydrogen) atoms. The third kappa shape index (κ3) is 4.12. The maximum Gasteiger partial charge on any atom is 0.263 e. The maximum absolute atomic E-state index is 13.3. The number of fused-ring (bicyclic) bond motifs is 3. The third-order valence-electron chi connectivity index (χ3n) is 6.88. The van der Waals surface area contributed by atoms with Crippen molar-refractivity contribution in [1.29, 1.82) is 0 Å². The smallest absolute Gasteiger partial charge is 0.263 e. The number of hydrogen-bond acceptors (Lipinski definition) is 7. The molecule has 1 aromatic heterocycles. The minimum absolute atomic E-state index is 0.0689. The van der Waals surface area contributed by atoms with Crippen LogP contribution in [0.4, 0.5) is 11.4 Å². The van der Waals surface area contributed by atoms with Gasteiger partial charge in [0.25, 0.3) is 11.1 Å². The third-order valence-corrected chi connectivity index (χ3v) is 6.88. The van der Waals surface area contributed by atoms with Gasteiger partial charge in [-0.2, -0.15) is 0 Å². The summed E-state index contributed by atoms with van der Waals surface area (Å²) in [6, 6.07) is 6.40. The van der Waals surface area contributed by atoms with Gasteiger partial charge < -0.3 is 16.4 Å². The molecule has 0 aliphatic carbocycles. The normalized spacial score (nSPS) is 12.0. The van der Waals surface area contributed by atoms with E-state index < -0.39 is 22.0 Å². The Balaban J connectivity index is 1.82. The monoisotopic (exact) mass is 476 g/mol. The molecule has 0 spiro atoms. The number of unbranched alkanes of at least 4 members (excludes halogenated alkanes) is 2. The van der Waals surface area contributed by atoms with Gasteiger partial charge in [-0.25, -0.2) is 0 Å². The van der Waals surface area contributed by atoms with Gasteiger partial charge in [0, 0.05) is 17.3 Å². The van der Waals surface area contributed by atoms with Gasteiger partial charge in [0.15, 0.2) is 10.9 Å². The zero-order chi connectivity index (χ0) is 25.3. The van der Waals surface area contributed by atoms with Crippen molar-refractivity contribution in [2.75, 3.05) is 31.1 Å². The molecule has 0 radical (unpaired) electrons. The highest BCUT2D eigenvalue weighted by molar-refractivity contribution is 6.20. The van der Waals surface area contributed by atoms with E-state index >= 15 is 0 Å². The lowest BCUT2D eigenvalue weighted by molar-refractivity contribution is 0.257. The van der Waals surface area contributed by atoms with Crippen LogP contribution in [0.3, 0.4) is 0 Å². The lowest BCUT2D eigenvalue weighted by Crippen LogP contribution is -2.31. The fraction of sp³-hybridized carbons (Fsp3) is 0.407. The molecule has 4 rings (SSSR count). The van der Waals surface area contributed by atoms with Gasteiger partial charge in [-0.05, 0) is 38.9 Å². The molecule has 184 valence electrons. The standard InChI is InChI=1S/C27H32N4O4/c1-3-5-12-30(13-6-4-2)14-9-15-31-26(34)20-21(27(31)35)23(29)19-18(22(20)28)24(32)16-10-7-8-11-17(16)25(19)33/h7-8,10-11H,3-6,9,12-15,28-29H2,1-2H3. The van der Waals surface area contributed by atoms with E-state index in [-0.39, 0.29) is 50.2 Å². The predicted octanol–water partition coefficient (Wildman–Crippen LogP) is 2.72. The molecular weight excluding hydrogens is 444 g/mol. The second-order valence-corrected chi connectivity index (χ2v) is 9.20. The van der Waals surface area contributed by atoms with E-state index in [0.717, 1.165) is 49.9 Å². The first-order chi connectivity index (χ1) is 16.8. The Morgan fingerprint density at radius 3 is 1.54 bits per heavy atom. The van der Waals surface area contributed by atoms with Crippen LogP contribution in [-0.2, 0) is 6.54 Å². The van der Waals surface area contributed by atoms with Gasteiger partial charge in [-0.3, -0.25) is 23.7 Å². The molecule has 8 heteroatoms. The predicted molar refractivity (Wildman–Crippen MR) is 144 cm³/mol. The number of rotatable bonds is 10. The number of anilines is 2. The van der Waals surface area contributed by atoms with Crippen molar-refractivity contribution in [3.8, 4) is 0 Å². The average Bonchev–Trinajstić information content (AvgIpc) is 3.11. The molecule has 3 aromatic carbocycles. The van der Waals surface area contributed by atoms with E-state index in [1.807, 2.05) is 0 Å². The summed E-state index contributed by atoms with van der Waals surface area (Å²) < 4.78 is 1.14. The van der Waals surface area contributed by atoms with Gasteiger partial charge in [0.1, 0.15) is 0 Å². The summed E-state index contributed by atoms with van der Waals surface area (Å²) in [5.41, 5.74) is 10.2. The first kappa shape index (κ1) is 24.6. The van der Waals surface area contributed by atoms with Crippen LogP contribution in [-0.4, -0.2) is 29.1 Å². The fourth-order valence-corrected chi connectivity index (χ4v) is 4.97. The highest BCUT2D eigenvalue weighted by Crippen LogP contribution is 2.31. The SMILES string of the molecule is CCCCN(CCCC)CCCn1c(=O)c2c(N)c3c(=O)c4ccccc4c(=O)c3c(N)c2c1=O. The number of nitrogens with two attached hydrogens (primary N) is 2. The second kappa shape index (κ2) is 10.00. The number of benzene rings is 3. The van der Waals surface area contributed by atoms with Crippen LogP contribution in [0.15, 0.2) is 43.4 Å². The zero-order valence-electron chi connectivity index (χ0n) is 20.4. The molecule has 0 unspecified atom stereocenters. The highest BCUT2D eigenvalue weighted by Gasteiger charge is 2.25. The molecular formula is C27H32N4O4. The van der Waals surface area contributed by atoms with E-state index in [1.165, 1.54) is 0 Å². The largest absolute Gasteiger partial charge is 0.397 e. The van der Waals surface area contributed by atoms with Gasteiger partial charge in [0.2, 0.25) is 0 Å². The summed E-state index contributed by atoms with van der Waals surface area (Å²) >= 11 is 0. The minimum atomic E-state index is -0.565. The van der Waals surface area contributed by atoms with Crippen molar-refractivity contribution in [1.82, 2.24) is 9.47 Å². The van der Waals surface area contributed by atoms with Gasteiger partial charge in [-0.1, -0.05) is 51.0 Å². The Kier molecular flexibility index (Phi) is 7.03. The van der Waals surface area contributed by atoms with Crippen molar-refractivity contribution in [2.24, 2.45) is 0 Å². The lowest BCUT2D eigenvalue weighted by Gasteiger charge is -2.21. The number of aromatic nitrogens is 1.